The summed E-state index contributed by atoms with van der Waals surface area (Å²) in [5.41, 5.74) is 2.45. The van der Waals surface area contributed by atoms with Gasteiger partial charge < -0.3 is 9.80 Å². The highest BCUT2D eigenvalue weighted by molar-refractivity contribution is 5.92. The number of nitrogens with zero attached hydrogens (tertiary/aromatic N) is 4. The molecule has 1 aromatic heterocycles. The molecule has 6 heteroatoms. The minimum atomic E-state index is -0.0932. The molecular weight excluding hydrogens is 364 g/mol. The van der Waals surface area contributed by atoms with Crippen LogP contribution in [-0.4, -0.2) is 58.3 Å². The van der Waals surface area contributed by atoms with Crippen molar-refractivity contribution in [1.82, 2.24) is 19.8 Å². The summed E-state index contributed by atoms with van der Waals surface area (Å²) in [7, 11) is 1.91. The van der Waals surface area contributed by atoms with E-state index in [0.717, 1.165) is 37.1 Å². The van der Waals surface area contributed by atoms with Gasteiger partial charge >= 0.3 is 0 Å². The Bertz CT molecular complexity index is 899. The second-order valence-corrected chi connectivity index (χ2v) is 8.60. The van der Waals surface area contributed by atoms with Gasteiger partial charge in [0.1, 0.15) is 11.5 Å². The van der Waals surface area contributed by atoms with Crippen LogP contribution < -0.4 is 0 Å². The van der Waals surface area contributed by atoms with Crippen molar-refractivity contribution in [2.45, 2.75) is 39.0 Å². The van der Waals surface area contributed by atoms with Crippen LogP contribution in [0.25, 0.3) is 0 Å². The lowest BCUT2D eigenvalue weighted by Gasteiger charge is -2.49. The number of piperidine rings is 2. The summed E-state index contributed by atoms with van der Waals surface area (Å²) in [6, 6.07) is 11.8. The van der Waals surface area contributed by atoms with E-state index >= 15 is 0 Å². The van der Waals surface area contributed by atoms with Crippen LogP contribution in [0.15, 0.2) is 36.4 Å². The van der Waals surface area contributed by atoms with Crippen molar-refractivity contribution in [2.75, 3.05) is 26.7 Å². The number of rotatable bonds is 2. The molecule has 152 valence electrons. The third-order valence-corrected chi connectivity index (χ3v) is 6.38. The van der Waals surface area contributed by atoms with E-state index in [9.17, 15) is 9.59 Å². The van der Waals surface area contributed by atoms with Gasteiger partial charge in [0.25, 0.3) is 5.91 Å². The quantitative estimate of drug-likeness (QED) is 0.788. The molecule has 2 saturated heterocycles. The van der Waals surface area contributed by atoms with Crippen LogP contribution in [0.4, 0.5) is 0 Å². The molecule has 1 unspecified atom stereocenters. The minimum Gasteiger partial charge on any atom is -0.345 e. The molecule has 1 atom stereocenters. The highest BCUT2D eigenvalue weighted by Crippen LogP contribution is 2.45. The van der Waals surface area contributed by atoms with Crippen LogP contribution in [0.5, 0.6) is 0 Å². The molecule has 1 spiro atoms. The van der Waals surface area contributed by atoms with Gasteiger partial charge in [-0.1, -0.05) is 30.3 Å². The van der Waals surface area contributed by atoms with E-state index in [2.05, 4.69) is 9.97 Å². The number of amides is 2. The summed E-state index contributed by atoms with van der Waals surface area (Å²) in [5.74, 6) is 0.713. The van der Waals surface area contributed by atoms with Gasteiger partial charge in [-0.15, -0.1) is 0 Å². The third kappa shape index (κ3) is 3.88. The zero-order chi connectivity index (χ0) is 20.6. The van der Waals surface area contributed by atoms with Crippen molar-refractivity contribution in [2.24, 2.45) is 5.41 Å². The van der Waals surface area contributed by atoms with Gasteiger partial charge in [0, 0.05) is 32.4 Å². The number of likely N-dealkylation sites (tertiary alicyclic amines) is 2. The first-order valence-electron chi connectivity index (χ1n) is 10.3. The summed E-state index contributed by atoms with van der Waals surface area (Å²) in [6.45, 7) is 5.86. The molecule has 29 heavy (non-hydrogen) atoms. The fourth-order valence-electron chi connectivity index (χ4n) is 4.91. The second-order valence-electron chi connectivity index (χ2n) is 8.60. The number of aromatic nitrogens is 2. The van der Waals surface area contributed by atoms with Crippen LogP contribution in [0.1, 0.15) is 52.8 Å². The Labute approximate surface area is 172 Å². The number of carbonyl (C=O) groups is 2. The van der Waals surface area contributed by atoms with Gasteiger partial charge in [-0.3, -0.25) is 9.59 Å². The summed E-state index contributed by atoms with van der Waals surface area (Å²) >= 11 is 0. The van der Waals surface area contributed by atoms with Crippen molar-refractivity contribution in [3.63, 3.8) is 0 Å². The first-order chi connectivity index (χ1) is 13.9. The number of hydrogen-bond acceptors (Lipinski definition) is 4. The average molecular weight is 393 g/mol. The fourth-order valence-corrected chi connectivity index (χ4v) is 4.91. The number of carbonyl (C=O) groups excluding carboxylic acids is 2. The number of hydrogen-bond donors (Lipinski definition) is 0. The Morgan fingerprint density at radius 2 is 1.79 bits per heavy atom. The minimum absolute atomic E-state index is 0.0201. The molecule has 0 radical (unpaired) electrons. The molecule has 0 saturated carbocycles. The number of benzene rings is 1. The van der Waals surface area contributed by atoms with Crippen LogP contribution in [0.3, 0.4) is 0 Å². The Morgan fingerprint density at radius 1 is 1.10 bits per heavy atom. The monoisotopic (exact) mass is 392 g/mol. The Kier molecular flexibility index (Phi) is 5.11. The first-order valence-corrected chi connectivity index (χ1v) is 10.3. The predicted octanol–water partition coefficient (Wildman–Crippen LogP) is 2.96. The molecule has 2 aromatic rings. The zero-order valence-electron chi connectivity index (χ0n) is 17.4. The lowest BCUT2D eigenvalue weighted by molar-refractivity contribution is -0.139. The topological polar surface area (TPSA) is 66.4 Å². The van der Waals surface area contributed by atoms with E-state index in [1.807, 2.05) is 61.0 Å². The van der Waals surface area contributed by atoms with E-state index < -0.39 is 0 Å². The second kappa shape index (κ2) is 7.58. The summed E-state index contributed by atoms with van der Waals surface area (Å²) < 4.78 is 0. The molecular formula is C23H28N4O2. The molecule has 1 aromatic carbocycles. The van der Waals surface area contributed by atoms with Gasteiger partial charge in [-0.05, 0) is 50.2 Å². The fraction of sp³-hybridized carbons (Fsp3) is 0.478. The maximum absolute atomic E-state index is 12.9. The predicted molar refractivity (Wildman–Crippen MR) is 111 cm³/mol. The first kappa shape index (κ1) is 19.6. The molecule has 0 aliphatic carbocycles. The normalized spacial score (nSPS) is 21.5. The van der Waals surface area contributed by atoms with Crippen molar-refractivity contribution >= 4 is 11.8 Å². The average Bonchev–Trinajstić information content (AvgIpc) is 2.71. The summed E-state index contributed by atoms with van der Waals surface area (Å²) in [6.07, 6.45) is 2.67. The smallest absolute Gasteiger partial charge is 0.272 e. The number of aryl methyl sites for hydroxylation is 2. The van der Waals surface area contributed by atoms with Gasteiger partial charge in [0.05, 0.1) is 5.92 Å². The molecule has 2 amide bonds. The highest BCUT2D eigenvalue weighted by atomic mass is 16.2. The molecule has 0 N–H and O–H groups in total. The van der Waals surface area contributed by atoms with E-state index in [-0.39, 0.29) is 23.1 Å². The zero-order valence-corrected chi connectivity index (χ0v) is 17.4. The number of likely N-dealkylation sites (N-methyl/N-ethyl adjacent to an activating group) is 1. The Balaban J connectivity index is 1.49. The lowest BCUT2D eigenvalue weighted by Crippen LogP contribution is -2.53. The lowest BCUT2D eigenvalue weighted by atomic mass is 9.67. The molecule has 4 rings (SSSR count). The summed E-state index contributed by atoms with van der Waals surface area (Å²) in [5, 5.41) is 0. The van der Waals surface area contributed by atoms with E-state index in [1.165, 1.54) is 0 Å². The van der Waals surface area contributed by atoms with Gasteiger partial charge in [0.15, 0.2) is 0 Å². The van der Waals surface area contributed by atoms with Crippen molar-refractivity contribution in [3.8, 4) is 0 Å². The Hall–Kier alpha value is -2.76. The molecule has 6 nitrogen and oxygen atoms in total. The van der Waals surface area contributed by atoms with Crippen molar-refractivity contribution in [3.05, 3.63) is 59.2 Å². The van der Waals surface area contributed by atoms with Crippen molar-refractivity contribution in [1.29, 1.82) is 0 Å². The van der Waals surface area contributed by atoms with Crippen LogP contribution >= 0.6 is 0 Å². The van der Waals surface area contributed by atoms with E-state index in [4.69, 9.17) is 0 Å². The summed E-state index contributed by atoms with van der Waals surface area (Å²) in [4.78, 5) is 38.2. The van der Waals surface area contributed by atoms with Gasteiger partial charge in [-0.2, -0.15) is 0 Å². The molecule has 0 bridgehead atoms. The Morgan fingerprint density at radius 3 is 2.45 bits per heavy atom. The van der Waals surface area contributed by atoms with Gasteiger partial charge in [0.2, 0.25) is 5.91 Å². The van der Waals surface area contributed by atoms with Crippen LogP contribution in [0, 0.1) is 19.3 Å². The SMILES string of the molecule is Cc1cc(C(=O)N2CCC3(CC2)CC(c2ccccc2)C(=O)N(C)C3)nc(C)n1. The third-order valence-electron chi connectivity index (χ3n) is 6.38. The molecule has 2 aliphatic heterocycles. The van der Waals surface area contributed by atoms with E-state index in [0.29, 0.717) is 24.6 Å². The molecule has 2 aliphatic rings. The van der Waals surface area contributed by atoms with Crippen molar-refractivity contribution < 1.29 is 9.59 Å². The van der Waals surface area contributed by atoms with Crippen LogP contribution in [0.2, 0.25) is 0 Å². The van der Waals surface area contributed by atoms with E-state index in [1.54, 1.807) is 6.07 Å². The largest absolute Gasteiger partial charge is 0.345 e. The highest BCUT2D eigenvalue weighted by Gasteiger charge is 2.45. The molecule has 2 fully saturated rings. The van der Waals surface area contributed by atoms with Gasteiger partial charge in [-0.25, -0.2) is 9.97 Å². The van der Waals surface area contributed by atoms with Crippen LogP contribution in [-0.2, 0) is 4.79 Å². The molecule has 3 heterocycles. The standard InChI is InChI=1S/C23H28N4O2/c1-16-13-20(25-17(2)24-16)22(29)27-11-9-23(10-12-27)14-19(21(28)26(3)15-23)18-7-5-4-6-8-18/h4-8,13,19H,9-12,14-15H2,1-3H3. The maximum atomic E-state index is 12.9. The maximum Gasteiger partial charge on any atom is 0.272 e.